The van der Waals surface area contributed by atoms with E-state index in [2.05, 4.69) is 57.0 Å². The van der Waals surface area contributed by atoms with Crippen LogP contribution in [0.5, 0.6) is 0 Å². The highest BCUT2D eigenvalue weighted by molar-refractivity contribution is 5.77. The number of aliphatic hydroxyl groups is 1. The Hall–Kier alpha value is -4.02. The summed E-state index contributed by atoms with van der Waals surface area (Å²) in [6.07, 6.45) is 12.2. The van der Waals surface area contributed by atoms with Gasteiger partial charge in [-0.15, -0.1) is 6.58 Å². The second-order valence-electron chi connectivity index (χ2n) is 13.9. The van der Waals surface area contributed by atoms with Gasteiger partial charge >= 0.3 is 0 Å². The number of allylic oxidation sites excluding steroid dienone is 1. The van der Waals surface area contributed by atoms with Gasteiger partial charge in [0.15, 0.2) is 11.5 Å². The molecule has 2 N–H and O–H groups in total. The number of nitrogens with one attached hydrogen (secondary N) is 1. The number of rotatable bonds is 8. The van der Waals surface area contributed by atoms with Gasteiger partial charge in [0.25, 0.3) is 5.56 Å². The molecule has 10 heteroatoms. The number of fused-ring (bicyclic) bond motifs is 4. The van der Waals surface area contributed by atoms with Crippen molar-refractivity contribution < 1.29 is 5.11 Å². The maximum Gasteiger partial charge on any atom is 0.278 e. The van der Waals surface area contributed by atoms with Gasteiger partial charge in [0.2, 0.25) is 5.95 Å². The van der Waals surface area contributed by atoms with Crippen LogP contribution in [0.2, 0.25) is 0 Å². The van der Waals surface area contributed by atoms with Crippen molar-refractivity contribution >= 4 is 28.4 Å². The number of benzene rings is 1. The molecule has 6 heterocycles. The molecule has 45 heavy (non-hydrogen) atoms. The zero-order valence-electron chi connectivity index (χ0n) is 25.8. The van der Waals surface area contributed by atoms with Crippen molar-refractivity contribution in [2.24, 2.45) is 5.41 Å². The van der Waals surface area contributed by atoms with E-state index in [1.54, 1.807) is 21.6 Å². The molecule has 0 radical (unpaired) electrons. The van der Waals surface area contributed by atoms with Crippen LogP contribution in [-0.2, 0) is 18.6 Å². The molecule has 3 atom stereocenters. The molecule has 2 bridgehead atoms. The van der Waals surface area contributed by atoms with E-state index in [1.807, 2.05) is 13.0 Å². The third-order valence-corrected chi connectivity index (χ3v) is 11.6. The molecular formula is C35H40N8O2. The number of hydrogen-bond donors (Lipinski definition) is 2. The van der Waals surface area contributed by atoms with E-state index < -0.39 is 5.60 Å². The molecule has 3 aliphatic carbocycles. The van der Waals surface area contributed by atoms with E-state index in [4.69, 9.17) is 9.97 Å². The number of hydrogen-bond acceptors (Lipinski definition) is 8. The quantitative estimate of drug-likeness (QED) is 0.280. The first-order chi connectivity index (χ1) is 21.9. The fraction of sp³-hybridized carbons (Fsp3) is 0.486. The van der Waals surface area contributed by atoms with Gasteiger partial charge in [-0.1, -0.05) is 25.5 Å². The monoisotopic (exact) mass is 604 g/mol. The minimum absolute atomic E-state index is 0.102. The first-order valence-electron chi connectivity index (χ1n) is 16.6. The molecular weight excluding hydrogens is 564 g/mol. The zero-order valence-corrected chi connectivity index (χ0v) is 25.8. The molecule has 232 valence electrons. The number of anilines is 3. The Balaban J connectivity index is 1.01. The molecule has 3 aliphatic heterocycles. The van der Waals surface area contributed by atoms with Crippen LogP contribution in [0.1, 0.15) is 63.1 Å². The summed E-state index contributed by atoms with van der Waals surface area (Å²) in [7, 11) is 0. The lowest BCUT2D eigenvalue weighted by Gasteiger charge is -2.61. The summed E-state index contributed by atoms with van der Waals surface area (Å²) in [5.74, 6) is 0.954. The smallest absolute Gasteiger partial charge is 0.278 e. The van der Waals surface area contributed by atoms with E-state index in [9.17, 15) is 9.90 Å². The Morgan fingerprint density at radius 3 is 2.51 bits per heavy atom. The Morgan fingerprint density at radius 2 is 1.84 bits per heavy atom. The fourth-order valence-corrected chi connectivity index (χ4v) is 8.77. The molecule has 5 fully saturated rings. The number of nitrogens with zero attached hydrogens (tertiary/aromatic N) is 7. The summed E-state index contributed by atoms with van der Waals surface area (Å²) >= 11 is 0. The summed E-state index contributed by atoms with van der Waals surface area (Å²) in [5.41, 5.74) is 3.15. The minimum atomic E-state index is -0.955. The third kappa shape index (κ3) is 3.94. The van der Waals surface area contributed by atoms with E-state index in [0.29, 0.717) is 41.3 Å². The van der Waals surface area contributed by atoms with Gasteiger partial charge in [-0.3, -0.25) is 9.69 Å². The van der Waals surface area contributed by atoms with Crippen LogP contribution in [-0.4, -0.2) is 65.5 Å². The lowest BCUT2D eigenvalue weighted by atomic mass is 9.79. The van der Waals surface area contributed by atoms with Crippen molar-refractivity contribution in [1.29, 1.82) is 0 Å². The third-order valence-electron chi connectivity index (χ3n) is 11.6. The minimum Gasteiger partial charge on any atom is -0.383 e. The van der Waals surface area contributed by atoms with Crippen LogP contribution in [0.3, 0.4) is 0 Å². The van der Waals surface area contributed by atoms with Gasteiger partial charge in [0.1, 0.15) is 11.0 Å². The van der Waals surface area contributed by atoms with Crippen molar-refractivity contribution in [3.8, 4) is 5.82 Å². The molecule has 4 aromatic rings. The molecule has 3 aromatic heterocycles. The predicted molar refractivity (Wildman–Crippen MR) is 174 cm³/mol. The predicted octanol–water partition coefficient (Wildman–Crippen LogP) is 4.66. The standard InChI is InChI=1S/C35H40N8O2/c1-3-16-41-32(44)28-19-36-33(37-23-9-11-24(12-10-23)40-20-26-17-27(21-40)42(26)25-6-5-7-25)39-31(28)43(41)29-13-8-22-18-34(14-15-34)35(45,4-2)30(22)38-29/h3,8-13,19,25-27,45H,1,4-7,14-18,20-21H2,2H3,(H,36,37,39). The average Bonchev–Trinajstić information content (AvgIpc) is 3.72. The van der Waals surface area contributed by atoms with Gasteiger partial charge in [0, 0.05) is 54.2 Å². The highest BCUT2D eigenvalue weighted by Crippen LogP contribution is 2.65. The Bertz CT molecular complexity index is 1880. The lowest BCUT2D eigenvalue weighted by molar-refractivity contribution is -0.0631. The van der Waals surface area contributed by atoms with Gasteiger partial charge < -0.3 is 15.3 Å². The average molecular weight is 605 g/mol. The summed E-state index contributed by atoms with van der Waals surface area (Å²) in [5, 5.41) is 15.5. The van der Waals surface area contributed by atoms with Crippen molar-refractivity contribution in [2.45, 2.75) is 88.6 Å². The maximum atomic E-state index is 13.5. The Kier molecular flexibility index (Phi) is 5.91. The second kappa shape index (κ2) is 9.74. The highest BCUT2D eigenvalue weighted by Gasteiger charge is 2.63. The molecule has 6 aliphatic rings. The van der Waals surface area contributed by atoms with E-state index in [1.165, 1.54) is 31.4 Å². The first kappa shape index (κ1) is 27.3. The topological polar surface area (TPSA) is 104 Å². The van der Waals surface area contributed by atoms with E-state index in [-0.39, 0.29) is 17.5 Å². The molecule has 3 saturated heterocycles. The van der Waals surface area contributed by atoms with Gasteiger partial charge in [-0.25, -0.2) is 19.3 Å². The zero-order chi connectivity index (χ0) is 30.5. The number of piperidine rings is 1. The summed E-state index contributed by atoms with van der Waals surface area (Å²) < 4.78 is 3.33. The second-order valence-corrected chi connectivity index (χ2v) is 13.9. The van der Waals surface area contributed by atoms with Crippen LogP contribution >= 0.6 is 0 Å². The Labute approximate surface area is 262 Å². The molecule has 1 aromatic carbocycles. The summed E-state index contributed by atoms with van der Waals surface area (Å²) in [4.78, 5) is 33.2. The van der Waals surface area contributed by atoms with E-state index in [0.717, 1.165) is 55.3 Å². The first-order valence-corrected chi connectivity index (χ1v) is 16.6. The molecule has 10 rings (SSSR count). The summed E-state index contributed by atoms with van der Waals surface area (Å²) in [6.45, 7) is 8.40. The molecule has 0 amide bonds. The van der Waals surface area contributed by atoms with Crippen molar-refractivity contribution in [3.63, 3.8) is 0 Å². The van der Waals surface area contributed by atoms with Crippen LogP contribution in [0.4, 0.5) is 17.3 Å². The number of aromatic nitrogens is 5. The van der Waals surface area contributed by atoms with Crippen LogP contribution in [0, 0.1) is 5.41 Å². The van der Waals surface area contributed by atoms with Crippen molar-refractivity contribution in [1.82, 2.24) is 29.2 Å². The number of pyridine rings is 1. The largest absolute Gasteiger partial charge is 0.383 e. The van der Waals surface area contributed by atoms with Gasteiger partial charge in [-0.05, 0) is 80.8 Å². The van der Waals surface area contributed by atoms with Gasteiger partial charge in [-0.2, -0.15) is 4.98 Å². The maximum absolute atomic E-state index is 13.5. The van der Waals surface area contributed by atoms with Crippen molar-refractivity contribution in [3.05, 3.63) is 76.9 Å². The highest BCUT2D eigenvalue weighted by atomic mass is 16.3. The van der Waals surface area contributed by atoms with Gasteiger partial charge in [0.05, 0.1) is 12.2 Å². The van der Waals surface area contributed by atoms with Crippen LogP contribution in [0.15, 0.2) is 60.0 Å². The normalized spacial score (nSPS) is 26.5. The summed E-state index contributed by atoms with van der Waals surface area (Å²) in [6, 6.07) is 14.7. The molecule has 1 spiro atoms. The Morgan fingerprint density at radius 1 is 1.07 bits per heavy atom. The molecule has 2 saturated carbocycles. The molecule has 10 nitrogen and oxygen atoms in total. The van der Waals surface area contributed by atoms with Crippen LogP contribution in [0.25, 0.3) is 16.9 Å². The SMILES string of the molecule is C=CCn1c(=O)c2cnc(Nc3ccc(N4CC5CC(C4)N5C4CCC4)cc3)nc2n1-c1ccc2c(n1)C(O)(CC)C1(CC1)C2. The molecule has 3 unspecified atom stereocenters. The van der Waals surface area contributed by atoms with E-state index >= 15 is 0 Å². The fourth-order valence-electron chi connectivity index (χ4n) is 8.77. The van der Waals surface area contributed by atoms with Crippen molar-refractivity contribution in [2.75, 3.05) is 23.3 Å². The van der Waals surface area contributed by atoms with Crippen LogP contribution < -0.4 is 15.8 Å². The number of piperazine rings is 1. The lowest BCUT2D eigenvalue weighted by Crippen LogP contribution is -2.72.